The minimum atomic E-state index is -4.53. The van der Waals surface area contributed by atoms with Crippen LogP contribution < -0.4 is 19.7 Å². The number of ether oxygens (including phenoxy) is 2. The zero-order chi connectivity index (χ0) is 25.3. The maximum atomic E-state index is 14.1. The molecule has 1 fully saturated rings. The van der Waals surface area contributed by atoms with Crippen LogP contribution in [0, 0.1) is 0 Å². The lowest BCUT2D eigenvalue weighted by atomic mass is 10.0. The Kier molecular flexibility index (Phi) is 6.70. The van der Waals surface area contributed by atoms with Crippen molar-refractivity contribution in [2.45, 2.75) is 35.4 Å². The first kappa shape index (κ1) is 24.3. The van der Waals surface area contributed by atoms with Crippen LogP contribution in [-0.4, -0.2) is 43.2 Å². The smallest absolute Gasteiger partial charge is 0.417 e. The van der Waals surface area contributed by atoms with Crippen molar-refractivity contribution in [3.8, 4) is 22.6 Å². The lowest BCUT2D eigenvalue weighted by Gasteiger charge is -2.20. The van der Waals surface area contributed by atoms with Crippen LogP contribution >= 0.6 is 11.8 Å². The number of benzene rings is 2. The molecule has 188 valence electrons. The summed E-state index contributed by atoms with van der Waals surface area (Å²) in [6, 6.07) is 13.0. The maximum absolute atomic E-state index is 14.1. The first-order valence-corrected chi connectivity index (χ1v) is 12.3. The van der Waals surface area contributed by atoms with Gasteiger partial charge in [0.2, 0.25) is 5.91 Å². The molecule has 10 heteroatoms. The molecule has 3 heterocycles. The average molecular weight is 516 g/mol. The number of alkyl halides is 3. The number of carbonyl (C=O) groups is 1. The van der Waals surface area contributed by atoms with Gasteiger partial charge in [0.25, 0.3) is 0 Å². The van der Waals surface area contributed by atoms with Crippen LogP contribution in [0.4, 0.5) is 19.0 Å². The van der Waals surface area contributed by atoms with E-state index in [2.05, 4.69) is 10.3 Å². The first-order valence-electron chi connectivity index (χ1n) is 11.5. The standard InChI is InChI=1S/C26H24F3N3O3S/c1-16(33)31-19-7-9-32(15-19)25-13-18(6-8-30-25)17-2-5-24(21(12-17)26(27,28)29)36-20-3-4-22-23(14-20)35-11-10-34-22/h2-6,8,12-14,19H,7,9-11,15H2,1H3,(H,31,33)/t19-/m1/s1. The van der Waals surface area contributed by atoms with Gasteiger partial charge >= 0.3 is 6.18 Å². The third-order valence-corrected chi connectivity index (χ3v) is 7.09. The van der Waals surface area contributed by atoms with Crippen LogP contribution in [0.5, 0.6) is 11.5 Å². The average Bonchev–Trinajstić information content (AvgIpc) is 3.31. The molecule has 2 aromatic carbocycles. The Labute approximate surface area is 210 Å². The third kappa shape index (κ3) is 5.38. The van der Waals surface area contributed by atoms with E-state index in [1.165, 1.54) is 19.1 Å². The van der Waals surface area contributed by atoms with Crippen molar-refractivity contribution >= 4 is 23.5 Å². The number of rotatable bonds is 5. The summed E-state index contributed by atoms with van der Waals surface area (Å²) >= 11 is 1.04. The highest BCUT2D eigenvalue weighted by Gasteiger charge is 2.34. The van der Waals surface area contributed by atoms with Crippen molar-refractivity contribution < 1.29 is 27.4 Å². The minimum absolute atomic E-state index is 0.0293. The molecule has 1 amide bonds. The summed E-state index contributed by atoms with van der Waals surface area (Å²) in [6.45, 7) is 3.65. The number of hydrogen-bond acceptors (Lipinski definition) is 6. The maximum Gasteiger partial charge on any atom is 0.417 e. The van der Waals surface area contributed by atoms with Gasteiger partial charge in [-0.15, -0.1) is 0 Å². The van der Waals surface area contributed by atoms with Crippen molar-refractivity contribution in [3.05, 3.63) is 60.3 Å². The molecule has 5 rings (SSSR count). The number of aromatic nitrogens is 1. The molecule has 2 aliphatic heterocycles. The predicted octanol–water partition coefficient (Wildman–Crippen LogP) is 5.40. The number of nitrogens with zero attached hydrogens (tertiary/aromatic N) is 2. The summed E-state index contributed by atoms with van der Waals surface area (Å²) in [5, 5.41) is 2.90. The van der Waals surface area contributed by atoms with Gasteiger partial charge in [0, 0.05) is 42.0 Å². The molecule has 1 N–H and O–H groups in total. The molecule has 0 unspecified atom stereocenters. The van der Waals surface area contributed by atoms with Gasteiger partial charge in [-0.3, -0.25) is 4.79 Å². The van der Waals surface area contributed by atoms with Crippen LogP contribution in [0.25, 0.3) is 11.1 Å². The van der Waals surface area contributed by atoms with Gasteiger partial charge in [-0.2, -0.15) is 13.2 Å². The minimum Gasteiger partial charge on any atom is -0.486 e. The second-order valence-electron chi connectivity index (χ2n) is 8.65. The van der Waals surface area contributed by atoms with Gasteiger partial charge in [0.15, 0.2) is 11.5 Å². The lowest BCUT2D eigenvalue weighted by Crippen LogP contribution is -2.35. The molecular weight excluding hydrogens is 491 g/mol. The number of fused-ring (bicyclic) bond motifs is 1. The van der Waals surface area contributed by atoms with Crippen LogP contribution in [0.15, 0.2) is 64.5 Å². The molecule has 0 aliphatic carbocycles. The zero-order valence-electron chi connectivity index (χ0n) is 19.5. The van der Waals surface area contributed by atoms with Gasteiger partial charge in [0.1, 0.15) is 19.0 Å². The van der Waals surface area contributed by atoms with Gasteiger partial charge in [-0.05, 0) is 60.0 Å². The van der Waals surface area contributed by atoms with Crippen LogP contribution in [0.2, 0.25) is 0 Å². The number of nitrogens with one attached hydrogen (secondary N) is 1. The van der Waals surface area contributed by atoms with E-state index >= 15 is 0 Å². The third-order valence-electron chi connectivity index (χ3n) is 6.02. The van der Waals surface area contributed by atoms with Crippen molar-refractivity contribution in [1.29, 1.82) is 0 Å². The Morgan fingerprint density at radius 2 is 1.83 bits per heavy atom. The van der Waals surface area contributed by atoms with Crippen LogP contribution in [-0.2, 0) is 11.0 Å². The van der Waals surface area contributed by atoms with Crippen molar-refractivity contribution in [1.82, 2.24) is 10.3 Å². The fourth-order valence-corrected chi connectivity index (χ4v) is 5.36. The summed E-state index contributed by atoms with van der Waals surface area (Å²) in [4.78, 5) is 18.5. The van der Waals surface area contributed by atoms with Gasteiger partial charge in [-0.1, -0.05) is 17.8 Å². The monoisotopic (exact) mass is 515 g/mol. The van der Waals surface area contributed by atoms with E-state index < -0.39 is 11.7 Å². The molecule has 0 radical (unpaired) electrons. The fraction of sp³-hybridized carbons (Fsp3) is 0.308. The predicted molar refractivity (Wildman–Crippen MR) is 131 cm³/mol. The Morgan fingerprint density at radius 1 is 1.06 bits per heavy atom. The molecule has 0 saturated carbocycles. The van der Waals surface area contributed by atoms with Crippen molar-refractivity contribution in [2.75, 3.05) is 31.2 Å². The summed E-state index contributed by atoms with van der Waals surface area (Å²) < 4.78 is 53.3. The van der Waals surface area contributed by atoms with Crippen molar-refractivity contribution in [2.24, 2.45) is 0 Å². The molecule has 0 bridgehead atoms. The fourth-order valence-electron chi connectivity index (χ4n) is 4.38. The van der Waals surface area contributed by atoms with E-state index in [0.29, 0.717) is 59.6 Å². The number of hydrogen-bond donors (Lipinski definition) is 1. The van der Waals surface area contributed by atoms with Crippen molar-refractivity contribution in [3.63, 3.8) is 0 Å². The number of carbonyl (C=O) groups excluding carboxylic acids is 1. The Morgan fingerprint density at radius 3 is 2.61 bits per heavy atom. The number of anilines is 1. The SMILES string of the molecule is CC(=O)N[C@@H]1CCN(c2cc(-c3ccc(Sc4ccc5c(c4)OCCO5)c(C(F)(F)F)c3)ccn2)C1. The van der Waals surface area contributed by atoms with Gasteiger partial charge in [0.05, 0.1) is 5.56 Å². The highest BCUT2D eigenvalue weighted by molar-refractivity contribution is 7.99. The number of pyridine rings is 1. The topological polar surface area (TPSA) is 63.7 Å². The summed E-state index contributed by atoms with van der Waals surface area (Å²) in [5.41, 5.74) is 0.393. The molecule has 3 aromatic rings. The van der Waals surface area contributed by atoms with Crippen LogP contribution in [0.3, 0.4) is 0 Å². The molecule has 1 atom stereocenters. The number of amides is 1. The molecular formula is C26H24F3N3O3S. The molecule has 36 heavy (non-hydrogen) atoms. The summed E-state index contributed by atoms with van der Waals surface area (Å²) in [5.74, 6) is 1.70. The van der Waals surface area contributed by atoms with E-state index in [0.717, 1.165) is 18.2 Å². The van der Waals surface area contributed by atoms with E-state index in [-0.39, 0.29) is 16.8 Å². The quantitative estimate of drug-likeness (QED) is 0.491. The second kappa shape index (κ2) is 9.93. The Balaban J connectivity index is 1.41. The summed E-state index contributed by atoms with van der Waals surface area (Å²) in [6.07, 6.45) is -2.14. The molecule has 1 saturated heterocycles. The normalized spacial score (nSPS) is 17.2. The largest absolute Gasteiger partial charge is 0.486 e. The Hall–Kier alpha value is -3.40. The lowest BCUT2D eigenvalue weighted by molar-refractivity contribution is -0.139. The second-order valence-corrected chi connectivity index (χ2v) is 9.77. The zero-order valence-corrected chi connectivity index (χ0v) is 20.3. The first-order chi connectivity index (χ1) is 17.3. The van der Waals surface area contributed by atoms with E-state index in [1.807, 2.05) is 4.90 Å². The Bertz CT molecular complexity index is 1280. The molecule has 2 aliphatic rings. The highest BCUT2D eigenvalue weighted by Crippen LogP contribution is 2.43. The van der Waals surface area contributed by atoms with Crippen LogP contribution in [0.1, 0.15) is 18.9 Å². The van der Waals surface area contributed by atoms with E-state index in [4.69, 9.17) is 9.47 Å². The van der Waals surface area contributed by atoms with E-state index in [9.17, 15) is 18.0 Å². The van der Waals surface area contributed by atoms with Gasteiger partial charge < -0.3 is 19.7 Å². The molecule has 1 aromatic heterocycles. The number of halogens is 3. The van der Waals surface area contributed by atoms with Gasteiger partial charge in [-0.25, -0.2) is 4.98 Å². The molecule has 0 spiro atoms. The van der Waals surface area contributed by atoms with E-state index in [1.54, 1.807) is 42.6 Å². The highest BCUT2D eigenvalue weighted by atomic mass is 32.2. The summed E-state index contributed by atoms with van der Waals surface area (Å²) in [7, 11) is 0. The molecule has 6 nitrogen and oxygen atoms in total.